The highest BCUT2D eigenvalue weighted by Crippen LogP contribution is 2.39. The van der Waals surface area contributed by atoms with Crippen LogP contribution in [0.1, 0.15) is 0 Å². The number of hydrogen-bond acceptors (Lipinski definition) is 8. The fraction of sp³-hybridized carbons (Fsp3) is 0. The Hall–Kier alpha value is -3.47. The average Bonchev–Trinajstić information content (AvgIpc) is 3.14. The van der Waals surface area contributed by atoms with Crippen molar-refractivity contribution in [1.29, 1.82) is 0 Å². The minimum atomic E-state index is -3.74. The third kappa shape index (κ3) is 4.57. The normalized spacial score (nSPS) is 11.2. The number of sulfonamides is 1. The molecule has 0 aliphatic rings. The van der Waals surface area contributed by atoms with Crippen LogP contribution in [0, 0.1) is 0 Å². The number of thiazole rings is 1. The van der Waals surface area contributed by atoms with Crippen LogP contribution in [0.25, 0.3) is 11.3 Å². The van der Waals surface area contributed by atoms with Crippen LogP contribution in [0.5, 0.6) is 10.8 Å². The summed E-state index contributed by atoms with van der Waals surface area (Å²) in [5.74, 6) is 0.720. The van der Waals surface area contributed by atoms with E-state index in [9.17, 15) is 8.42 Å². The number of anilines is 2. The van der Waals surface area contributed by atoms with Crippen LogP contribution in [-0.4, -0.2) is 18.4 Å². The maximum absolute atomic E-state index is 12.3. The first-order chi connectivity index (χ1) is 14.5. The summed E-state index contributed by atoms with van der Waals surface area (Å²) in [6.07, 6.45) is 1.50. The zero-order chi connectivity index (χ0) is 21.0. The molecule has 0 aliphatic heterocycles. The number of nitrogens with one attached hydrogen (secondary N) is 2. The van der Waals surface area contributed by atoms with Crippen molar-refractivity contribution in [3.8, 4) is 22.1 Å². The van der Waals surface area contributed by atoms with Gasteiger partial charge in [0.15, 0.2) is 5.13 Å². The minimum Gasteiger partial charge on any atom is -0.444 e. The SMILES string of the molecule is Nc1nc(-c2ccccc2)c(Oc2ccnc(NNS(=O)(=O)c3ccccc3)c2)s1. The summed E-state index contributed by atoms with van der Waals surface area (Å²) in [7, 11) is -3.74. The first kappa shape index (κ1) is 19.8. The van der Waals surface area contributed by atoms with Crippen molar-refractivity contribution in [2.75, 3.05) is 11.2 Å². The lowest BCUT2D eigenvalue weighted by Gasteiger charge is -2.10. The number of nitrogens with two attached hydrogens (primary N) is 1. The van der Waals surface area contributed by atoms with E-state index in [0.717, 1.165) is 5.56 Å². The molecular weight excluding hydrogens is 422 g/mol. The highest BCUT2D eigenvalue weighted by molar-refractivity contribution is 7.89. The lowest BCUT2D eigenvalue weighted by atomic mass is 10.2. The van der Waals surface area contributed by atoms with Crippen molar-refractivity contribution in [3.63, 3.8) is 0 Å². The van der Waals surface area contributed by atoms with Crippen LogP contribution >= 0.6 is 11.3 Å². The Kier molecular flexibility index (Phi) is 5.61. The van der Waals surface area contributed by atoms with E-state index in [-0.39, 0.29) is 10.7 Å². The van der Waals surface area contributed by atoms with Gasteiger partial charge < -0.3 is 10.5 Å². The summed E-state index contributed by atoms with van der Waals surface area (Å²) >= 11 is 1.22. The minimum absolute atomic E-state index is 0.137. The first-order valence-corrected chi connectivity index (χ1v) is 11.1. The van der Waals surface area contributed by atoms with Gasteiger partial charge >= 0.3 is 0 Å². The molecule has 2 heterocycles. The quantitative estimate of drug-likeness (QED) is 0.374. The highest BCUT2D eigenvalue weighted by Gasteiger charge is 2.15. The Morgan fingerprint density at radius 2 is 1.67 bits per heavy atom. The topological polar surface area (TPSA) is 119 Å². The molecule has 10 heteroatoms. The molecule has 0 aliphatic carbocycles. The molecule has 4 rings (SSSR count). The highest BCUT2D eigenvalue weighted by atomic mass is 32.2. The molecule has 152 valence electrons. The van der Waals surface area contributed by atoms with Gasteiger partial charge in [-0.3, -0.25) is 5.43 Å². The van der Waals surface area contributed by atoms with Crippen molar-refractivity contribution in [2.45, 2.75) is 4.90 Å². The molecule has 0 spiro atoms. The number of nitrogen functional groups attached to an aromatic ring is 1. The number of aromatic nitrogens is 2. The van der Waals surface area contributed by atoms with Gasteiger partial charge in [-0.25, -0.2) is 18.4 Å². The first-order valence-electron chi connectivity index (χ1n) is 8.80. The maximum atomic E-state index is 12.3. The van der Waals surface area contributed by atoms with Crippen LogP contribution in [0.15, 0.2) is 83.9 Å². The Morgan fingerprint density at radius 3 is 2.40 bits per heavy atom. The van der Waals surface area contributed by atoms with Gasteiger partial charge in [0.25, 0.3) is 10.0 Å². The van der Waals surface area contributed by atoms with E-state index in [2.05, 4.69) is 20.2 Å². The molecule has 2 aromatic heterocycles. The Balaban J connectivity index is 1.51. The molecule has 8 nitrogen and oxygen atoms in total. The monoisotopic (exact) mass is 439 g/mol. The smallest absolute Gasteiger partial charge is 0.257 e. The molecule has 0 unspecified atom stereocenters. The third-order valence-electron chi connectivity index (χ3n) is 3.97. The van der Waals surface area contributed by atoms with E-state index in [1.165, 1.54) is 29.7 Å². The Morgan fingerprint density at radius 1 is 0.967 bits per heavy atom. The molecule has 0 bridgehead atoms. The molecule has 4 N–H and O–H groups in total. The fourth-order valence-corrected chi connectivity index (χ4v) is 4.19. The van der Waals surface area contributed by atoms with Crippen molar-refractivity contribution >= 4 is 32.3 Å². The standard InChI is InChI=1S/C20H17N5O3S2/c21-20-23-18(14-7-3-1-4-8-14)19(29-20)28-15-11-12-22-17(13-15)24-25-30(26,27)16-9-5-2-6-10-16/h1-13,25H,(H2,21,23)(H,22,24). The summed E-state index contributed by atoms with van der Waals surface area (Å²) in [6.45, 7) is 0. The van der Waals surface area contributed by atoms with Crippen molar-refractivity contribution in [1.82, 2.24) is 14.8 Å². The second-order valence-corrected chi connectivity index (χ2v) is 8.75. The molecule has 0 fully saturated rings. The van der Waals surface area contributed by atoms with Crippen LogP contribution in [0.2, 0.25) is 0 Å². The number of ether oxygens (including phenoxy) is 1. The van der Waals surface area contributed by atoms with Crippen molar-refractivity contribution < 1.29 is 13.2 Å². The van der Waals surface area contributed by atoms with Gasteiger partial charge in [0.2, 0.25) is 5.06 Å². The molecule has 0 radical (unpaired) electrons. The lowest BCUT2D eigenvalue weighted by Crippen LogP contribution is -2.29. The summed E-state index contributed by atoms with van der Waals surface area (Å²) in [5, 5.41) is 0.910. The van der Waals surface area contributed by atoms with Crippen LogP contribution in [0.3, 0.4) is 0 Å². The van der Waals surface area contributed by atoms with Crippen molar-refractivity contribution in [2.24, 2.45) is 0 Å². The second kappa shape index (κ2) is 8.49. The van der Waals surface area contributed by atoms with Gasteiger partial charge in [-0.15, -0.1) is 4.83 Å². The molecular formula is C20H17N5O3S2. The van der Waals surface area contributed by atoms with E-state index in [1.54, 1.807) is 30.3 Å². The lowest BCUT2D eigenvalue weighted by molar-refractivity contribution is 0.496. The van der Waals surface area contributed by atoms with E-state index >= 15 is 0 Å². The zero-order valence-corrected chi connectivity index (χ0v) is 17.2. The van der Waals surface area contributed by atoms with E-state index < -0.39 is 10.0 Å². The van der Waals surface area contributed by atoms with E-state index in [0.29, 0.717) is 21.6 Å². The number of pyridine rings is 1. The number of nitrogens with zero attached hydrogens (tertiary/aromatic N) is 2. The van der Waals surface area contributed by atoms with Crippen LogP contribution < -0.4 is 20.7 Å². The van der Waals surface area contributed by atoms with E-state index in [1.807, 2.05) is 30.3 Å². The largest absolute Gasteiger partial charge is 0.444 e. The van der Waals surface area contributed by atoms with Crippen LogP contribution in [-0.2, 0) is 10.0 Å². The molecule has 0 atom stereocenters. The second-order valence-electron chi connectivity index (χ2n) is 6.08. The number of benzene rings is 2. The summed E-state index contributed by atoms with van der Waals surface area (Å²) in [6, 6.07) is 20.8. The Bertz CT molecular complexity index is 1250. The molecule has 0 saturated heterocycles. The predicted octanol–water partition coefficient (Wildman–Crippen LogP) is 3.89. The predicted molar refractivity (Wildman–Crippen MR) is 117 cm³/mol. The summed E-state index contributed by atoms with van der Waals surface area (Å²) < 4.78 is 30.6. The Labute approximate surface area is 177 Å². The van der Waals surface area contributed by atoms with Gasteiger partial charge in [0, 0.05) is 17.8 Å². The van der Waals surface area contributed by atoms with Gasteiger partial charge in [0.1, 0.15) is 17.3 Å². The van der Waals surface area contributed by atoms with Gasteiger partial charge in [-0.2, -0.15) is 0 Å². The van der Waals surface area contributed by atoms with Crippen LogP contribution in [0.4, 0.5) is 10.9 Å². The zero-order valence-electron chi connectivity index (χ0n) is 15.5. The van der Waals surface area contributed by atoms with Crippen molar-refractivity contribution in [3.05, 3.63) is 79.0 Å². The third-order valence-corrected chi connectivity index (χ3v) is 5.99. The number of hydrazine groups is 1. The molecule has 4 aromatic rings. The van der Waals surface area contributed by atoms with Gasteiger partial charge in [-0.1, -0.05) is 59.9 Å². The van der Waals surface area contributed by atoms with E-state index in [4.69, 9.17) is 10.5 Å². The molecule has 2 aromatic carbocycles. The molecule has 30 heavy (non-hydrogen) atoms. The molecule has 0 saturated carbocycles. The number of hydrogen-bond donors (Lipinski definition) is 3. The van der Waals surface area contributed by atoms with Gasteiger partial charge in [-0.05, 0) is 18.2 Å². The number of rotatable bonds is 7. The average molecular weight is 440 g/mol. The summed E-state index contributed by atoms with van der Waals surface area (Å²) in [5.41, 5.74) is 9.98. The fourth-order valence-electron chi connectivity index (χ4n) is 2.60. The maximum Gasteiger partial charge on any atom is 0.257 e. The van der Waals surface area contributed by atoms with Gasteiger partial charge in [0.05, 0.1) is 4.90 Å². The molecule has 0 amide bonds. The summed E-state index contributed by atoms with van der Waals surface area (Å²) in [4.78, 5) is 10.9.